The molecule has 2 N–H and O–H groups in total. The molecule has 0 bridgehead atoms. The van der Waals surface area contributed by atoms with Crippen molar-refractivity contribution in [1.29, 1.82) is 0 Å². The average Bonchev–Trinajstić information content (AvgIpc) is 3.40. The number of amides is 2. The normalized spacial score (nSPS) is 18.1. The minimum absolute atomic E-state index is 0.00489. The van der Waals surface area contributed by atoms with Crippen LogP contribution in [0.4, 0.5) is 9.18 Å². The Labute approximate surface area is 180 Å². The van der Waals surface area contributed by atoms with E-state index < -0.39 is 11.5 Å². The summed E-state index contributed by atoms with van der Waals surface area (Å²) in [6.45, 7) is 5.80. The van der Waals surface area contributed by atoms with Crippen molar-refractivity contribution in [3.8, 4) is 0 Å². The number of nitrogens with zero attached hydrogens (tertiary/aromatic N) is 2. The lowest BCUT2D eigenvalue weighted by Crippen LogP contribution is -2.38. The summed E-state index contributed by atoms with van der Waals surface area (Å²) in [5.41, 5.74) is 6.16. The molecular formula is C19H24Br2FN3O3. The number of hydrogen-bond donors (Lipinski definition) is 1. The first-order chi connectivity index (χ1) is 13.0. The van der Waals surface area contributed by atoms with E-state index in [2.05, 4.69) is 31.9 Å². The van der Waals surface area contributed by atoms with Crippen LogP contribution >= 0.6 is 31.9 Å². The van der Waals surface area contributed by atoms with Crippen molar-refractivity contribution in [1.82, 2.24) is 9.47 Å². The van der Waals surface area contributed by atoms with Gasteiger partial charge in [0.05, 0.1) is 21.3 Å². The molecule has 0 aromatic carbocycles. The van der Waals surface area contributed by atoms with Crippen molar-refractivity contribution in [3.05, 3.63) is 31.7 Å². The molecule has 6 nitrogen and oxygen atoms in total. The van der Waals surface area contributed by atoms with Crippen LogP contribution in [0.1, 0.15) is 49.5 Å². The molecule has 28 heavy (non-hydrogen) atoms. The Bertz CT molecular complexity index is 854. The zero-order valence-electron chi connectivity index (χ0n) is 16.2. The smallest absolute Gasteiger partial charge is 0.404 e. The molecule has 2 amide bonds. The van der Waals surface area contributed by atoms with E-state index in [4.69, 9.17) is 10.5 Å². The molecule has 1 aromatic rings. The standard InChI is InChI=1S/C19H24Br2FN3O3/c1-19(2,3)14(22)10(9-28-18(23)27)8-25-15(20)12-6-7-24(11-4-5-11)17(26)13(12)16(25)21/h11H,4-9H2,1-3H3,(H2,23,27). The van der Waals surface area contributed by atoms with E-state index >= 15 is 4.39 Å². The van der Waals surface area contributed by atoms with Gasteiger partial charge in [-0.15, -0.1) is 0 Å². The van der Waals surface area contributed by atoms with Gasteiger partial charge in [0.1, 0.15) is 12.4 Å². The molecule has 9 heteroatoms. The van der Waals surface area contributed by atoms with Crippen molar-refractivity contribution in [2.24, 2.45) is 11.1 Å². The maximum atomic E-state index is 15.0. The molecule has 1 saturated carbocycles. The number of rotatable bonds is 5. The van der Waals surface area contributed by atoms with E-state index in [1.54, 1.807) is 25.3 Å². The Morgan fingerprint density at radius 2 is 1.93 bits per heavy atom. The zero-order valence-corrected chi connectivity index (χ0v) is 19.3. The van der Waals surface area contributed by atoms with Crippen LogP contribution in [0.15, 0.2) is 20.6 Å². The monoisotopic (exact) mass is 519 g/mol. The second-order valence-electron chi connectivity index (χ2n) is 8.28. The lowest BCUT2D eigenvalue weighted by molar-refractivity contribution is 0.0726. The number of primary amides is 1. The number of allylic oxidation sites excluding steroid dienone is 1. The van der Waals surface area contributed by atoms with Crippen molar-refractivity contribution >= 4 is 43.9 Å². The zero-order chi connectivity index (χ0) is 20.8. The summed E-state index contributed by atoms with van der Waals surface area (Å²) in [6, 6.07) is 0.340. The van der Waals surface area contributed by atoms with Crippen molar-refractivity contribution in [2.45, 2.75) is 52.6 Å². The van der Waals surface area contributed by atoms with Crippen LogP contribution in [0.3, 0.4) is 0 Å². The number of carbonyl (C=O) groups is 2. The molecule has 0 radical (unpaired) electrons. The van der Waals surface area contributed by atoms with Crippen LogP contribution in [-0.2, 0) is 17.7 Å². The SMILES string of the molecule is CC(C)(C)C(F)=C(COC(N)=O)Cn1c(Br)c2c(c1Br)C(=O)N(C1CC1)CC2. The van der Waals surface area contributed by atoms with Gasteiger partial charge in [0.25, 0.3) is 5.91 Å². The third-order valence-corrected chi connectivity index (χ3v) is 6.73. The number of aromatic nitrogens is 1. The summed E-state index contributed by atoms with van der Waals surface area (Å²) in [7, 11) is 0. The number of ether oxygens (including phenoxy) is 1. The molecule has 2 aliphatic rings. The Kier molecular flexibility index (Phi) is 5.96. The van der Waals surface area contributed by atoms with Crippen molar-refractivity contribution in [2.75, 3.05) is 13.2 Å². The first kappa shape index (κ1) is 21.4. The second-order valence-corrected chi connectivity index (χ2v) is 9.78. The Morgan fingerprint density at radius 3 is 2.46 bits per heavy atom. The van der Waals surface area contributed by atoms with Crippen LogP contribution in [-0.4, -0.2) is 40.7 Å². The molecule has 0 spiro atoms. The molecule has 0 unspecified atom stereocenters. The molecule has 2 heterocycles. The summed E-state index contributed by atoms with van der Waals surface area (Å²) in [4.78, 5) is 25.9. The van der Waals surface area contributed by atoms with E-state index in [1.165, 1.54) is 0 Å². The summed E-state index contributed by atoms with van der Waals surface area (Å²) >= 11 is 7.12. The number of nitrogens with two attached hydrogens (primary N) is 1. The molecule has 0 saturated heterocycles. The van der Waals surface area contributed by atoms with E-state index in [0.717, 1.165) is 29.4 Å². The molecule has 1 aliphatic carbocycles. The van der Waals surface area contributed by atoms with Crippen LogP contribution < -0.4 is 5.73 Å². The summed E-state index contributed by atoms with van der Waals surface area (Å²) in [5, 5.41) is 0. The summed E-state index contributed by atoms with van der Waals surface area (Å²) < 4.78 is 23.0. The fraction of sp³-hybridized carbons (Fsp3) is 0.579. The molecular weight excluding hydrogens is 497 g/mol. The topological polar surface area (TPSA) is 77.6 Å². The van der Waals surface area contributed by atoms with Crippen molar-refractivity contribution < 1.29 is 18.7 Å². The molecule has 154 valence electrons. The quantitative estimate of drug-likeness (QED) is 0.619. The van der Waals surface area contributed by atoms with Gasteiger partial charge in [0.15, 0.2) is 0 Å². The van der Waals surface area contributed by atoms with E-state index in [9.17, 15) is 9.59 Å². The van der Waals surface area contributed by atoms with E-state index in [0.29, 0.717) is 28.3 Å². The van der Waals surface area contributed by atoms with Crippen molar-refractivity contribution in [3.63, 3.8) is 0 Å². The highest BCUT2D eigenvalue weighted by atomic mass is 79.9. The van der Waals surface area contributed by atoms with Gasteiger partial charge in [-0.1, -0.05) is 20.8 Å². The van der Waals surface area contributed by atoms with Crippen LogP contribution in [0.25, 0.3) is 0 Å². The highest BCUT2D eigenvalue weighted by molar-refractivity contribution is 9.11. The fourth-order valence-corrected chi connectivity index (χ4v) is 5.11. The molecule has 3 rings (SSSR count). The number of halogens is 3. The molecule has 0 atom stereocenters. The van der Waals surface area contributed by atoms with Crippen LogP contribution in [0.5, 0.6) is 0 Å². The number of carbonyl (C=O) groups excluding carboxylic acids is 2. The maximum Gasteiger partial charge on any atom is 0.404 e. The third kappa shape index (κ3) is 4.15. The van der Waals surface area contributed by atoms with Gasteiger partial charge in [-0.25, -0.2) is 9.18 Å². The highest BCUT2D eigenvalue weighted by Gasteiger charge is 2.39. The second kappa shape index (κ2) is 7.82. The minimum Gasteiger partial charge on any atom is -0.445 e. The predicted octanol–water partition coefficient (Wildman–Crippen LogP) is 4.54. The van der Waals surface area contributed by atoms with E-state index in [-0.39, 0.29) is 24.9 Å². The Morgan fingerprint density at radius 1 is 1.29 bits per heavy atom. The minimum atomic E-state index is -0.959. The van der Waals surface area contributed by atoms with Gasteiger partial charge in [-0.2, -0.15) is 0 Å². The lowest BCUT2D eigenvalue weighted by Gasteiger charge is -2.27. The van der Waals surface area contributed by atoms with E-state index in [1.807, 2.05) is 4.90 Å². The van der Waals surface area contributed by atoms with Crippen LogP contribution in [0.2, 0.25) is 0 Å². The predicted molar refractivity (Wildman–Crippen MR) is 111 cm³/mol. The first-order valence-electron chi connectivity index (χ1n) is 9.20. The Hall–Kier alpha value is -1.35. The number of hydrogen-bond acceptors (Lipinski definition) is 3. The first-order valence-corrected chi connectivity index (χ1v) is 10.8. The molecule has 1 aromatic heterocycles. The summed E-state index contributed by atoms with van der Waals surface area (Å²) in [6.07, 6.45) is 1.88. The highest BCUT2D eigenvalue weighted by Crippen LogP contribution is 2.40. The van der Waals surface area contributed by atoms with Gasteiger partial charge in [-0.3, -0.25) is 4.79 Å². The fourth-order valence-electron chi connectivity index (χ4n) is 3.47. The van der Waals surface area contributed by atoms with Gasteiger partial charge < -0.3 is 19.9 Å². The number of fused-ring (bicyclic) bond motifs is 1. The third-order valence-electron chi connectivity index (χ3n) is 5.00. The molecule has 1 aliphatic heterocycles. The van der Waals surface area contributed by atoms with Gasteiger partial charge in [-0.05, 0) is 51.1 Å². The lowest BCUT2D eigenvalue weighted by atomic mass is 9.91. The average molecular weight is 521 g/mol. The largest absolute Gasteiger partial charge is 0.445 e. The van der Waals surface area contributed by atoms with Gasteiger partial charge in [0.2, 0.25) is 0 Å². The molecule has 1 fully saturated rings. The van der Waals surface area contributed by atoms with Gasteiger partial charge in [0, 0.05) is 29.1 Å². The Balaban J connectivity index is 1.97. The van der Waals surface area contributed by atoms with Gasteiger partial charge >= 0.3 is 6.09 Å². The summed E-state index contributed by atoms with van der Waals surface area (Å²) in [5.74, 6) is -0.365. The van der Waals surface area contributed by atoms with Crippen LogP contribution in [0, 0.1) is 5.41 Å². The maximum absolute atomic E-state index is 15.0.